The number of hydrogen-bond donors (Lipinski definition) is 2. The summed E-state index contributed by atoms with van der Waals surface area (Å²) in [6.07, 6.45) is -1.22. The smallest absolute Gasteiger partial charge is 0.415 e. The highest BCUT2D eigenvalue weighted by Gasteiger charge is 2.33. The summed E-state index contributed by atoms with van der Waals surface area (Å²) in [6.45, 7) is 0.563. The van der Waals surface area contributed by atoms with E-state index in [9.17, 15) is 9.59 Å². The Labute approximate surface area is 91.9 Å². The Kier molecular flexibility index (Phi) is 2.40. The van der Waals surface area contributed by atoms with Gasteiger partial charge in [0, 0.05) is 17.9 Å². The third-order valence-corrected chi connectivity index (χ3v) is 2.44. The van der Waals surface area contributed by atoms with E-state index < -0.39 is 12.1 Å². The van der Waals surface area contributed by atoms with Crippen LogP contribution >= 0.6 is 0 Å². The number of anilines is 2. The van der Waals surface area contributed by atoms with Gasteiger partial charge in [0.2, 0.25) is 0 Å². The van der Waals surface area contributed by atoms with Crippen LogP contribution in [0.2, 0.25) is 0 Å². The molecule has 1 aliphatic heterocycles. The van der Waals surface area contributed by atoms with Gasteiger partial charge in [-0.1, -0.05) is 0 Å². The topological polar surface area (TPSA) is 86.9 Å². The van der Waals surface area contributed by atoms with Gasteiger partial charge in [-0.25, -0.2) is 14.5 Å². The van der Waals surface area contributed by atoms with E-state index in [1.165, 1.54) is 4.90 Å². The highest BCUT2D eigenvalue weighted by Crippen LogP contribution is 2.21. The van der Waals surface area contributed by atoms with Crippen molar-refractivity contribution in [3.8, 4) is 0 Å². The molecule has 0 unspecified atom stereocenters. The number of benzene rings is 1. The van der Waals surface area contributed by atoms with Crippen molar-refractivity contribution in [1.82, 2.24) is 4.90 Å². The van der Waals surface area contributed by atoms with E-state index in [0.29, 0.717) is 17.9 Å². The van der Waals surface area contributed by atoms with Crippen LogP contribution in [0.5, 0.6) is 0 Å². The molecule has 1 aromatic rings. The summed E-state index contributed by atoms with van der Waals surface area (Å²) in [7, 11) is 0. The predicted octanol–water partition coefficient (Wildman–Crippen LogP) is 1.19. The minimum atomic E-state index is -1.22. The molecule has 3 amide bonds. The number of carboxylic acid groups (broad SMARTS) is 1. The van der Waals surface area contributed by atoms with Crippen LogP contribution in [0.25, 0.3) is 0 Å². The fourth-order valence-corrected chi connectivity index (χ4v) is 1.61. The summed E-state index contributed by atoms with van der Waals surface area (Å²) in [6, 6.07) is 6.21. The fraction of sp³-hybridized carbons (Fsp3) is 0.200. The first kappa shape index (κ1) is 10.3. The molecule has 6 nitrogen and oxygen atoms in total. The lowest BCUT2D eigenvalue weighted by Crippen LogP contribution is -2.35. The first-order chi connectivity index (χ1) is 7.59. The zero-order chi connectivity index (χ0) is 11.7. The molecule has 84 valence electrons. The Hall–Kier alpha value is -2.24. The van der Waals surface area contributed by atoms with Crippen LogP contribution in [0.3, 0.4) is 0 Å². The lowest BCUT2D eigenvalue weighted by molar-refractivity contribution is 0.158. The van der Waals surface area contributed by atoms with Gasteiger partial charge in [0.1, 0.15) is 0 Å². The summed E-state index contributed by atoms with van der Waals surface area (Å²) < 4.78 is 0. The third kappa shape index (κ3) is 1.65. The monoisotopic (exact) mass is 221 g/mol. The molecule has 16 heavy (non-hydrogen) atoms. The van der Waals surface area contributed by atoms with Gasteiger partial charge in [-0.05, 0) is 24.3 Å². The quantitative estimate of drug-likeness (QED) is 0.697. The number of nitrogen functional groups attached to an aromatic ring is 1. The number of carbonyl (C=O) groups excluding carboxylic acids is 1. The Bertz CT molecular complexity index is 429. The number of nitrogens with two attached hydrogens (primary N) is 1. The molecule has 0 saturated carbocycles. The summed E-state index contributed by atoms with van der Waals surface area (Å²) >= 11 is 0. The third-order valence-electron chi connectivity index (χ3n) is 2.44. The lowest BCUT2D eigenvalue weighted by Gasteiger charge is -2.15. The van der Waals surface area contributed by atoms with Crippen molar-refractivity contribution in [2.75, 3.05) is 23.7 Å². The van der Waals surface area contributed by atoms with E-state index in [2.05, 4.69) is 0 Å². The first-order valence-electron chi connectivity index (χ1n) is 4.77. The van der Waals surface area contributed by atoms with E-state index >= 15 is 0 Å². The second kappa shape index (κ2) is 3.73. The molecule has 3 N–H and O–H groups in total. The molecule has 1 fully saturated rings. The largest absolute Gasteiger partial charge is 0.465 e. The maximum absolute atomic E-state index is 11.7. The second-order valence-electron chi connectivity index (χ2n) is 3.46. The Morgan fingerprint density at radius 3 is 2.38 bits per heavy atom. The Morgan fingerprint density at radius 2 is 1.88 bits per heavy atom. The number of urea groups is 1. The molecule has 6 heteroatoms. The highest BCUT2D eigenvalue weighted by molar-refractivity contribution is 6.02. The molecule has 0 spiro atoms. The zero-order valence-electron chi connectivity index (χ0n) is 8.46. The molecule has 0 aliphatic carbocycles. The molecule has 0 radical (unpaired) electrons. The van der Waals surface area contributed by atoms with Crippen LogP contribution in [-0.2, 0) is 0 Å². The maximum atomic E-state index is 11.7. The van der Waals surface area contributed by atoms with E-state index in [0.717, 1.165) is 4.90 Å². The van der Waals surface area contributed by atoms with Gasteiger partial charge in [0.25, 0.3) is 0 Å². The van der Waals surface area contributed by atoms with E-state index in [1.807, 2.05) is 0 Å². The Balaban J connectivity index is 2.21. The van der Waals surface area contributed by atoms with Crippen molar-refractivity contribution in [3.05, 3.63) is 24.3 Å². The Morgan fingerprint density at radius 1 is 1.25 bits per heavy atom. The summed E-state index contributed by atoms with van der Waals surface area (Å²) in [5.74, 6) is 0. The number of amides is 3. The zero-order valence-corrected chi connectivity index (χ0v) is 8.46. The summed E-state index contributed by atoms with van der Waals surface area (Å²) in [5.41, 5.74) is 6.79. The van der Waals surface area contributed by atoms with Crippen molar-refractivity contribution in [1.29, 1.82) is 0 Å². The average molecular weight is 221 g/mol. The number of rotatable bonds is 1. The molecule has 0 atom stereocenters. The normalized spacial score (nSPS) is 15.6. The minimum Gasteiger partial charge on any atom is -0.465 e. The molecule has 1 heterocycles. The lowest BCUT2D eigenvalue weighted by atomic mass is 10.2. The average Bonchev–Trinajstić information content (AvgIpc) is 2.61. The van der Waals surface area contributed by atoms with Crippen LogP contribution < -0.4 is 10.6 Å². The summed E-state index contributed by atoms with van der Waals surface area (Å²) in [4.78, 5) is 24.6. The van der Waals surface area contributed by atoms with Crippen LogP contribution in [-0.4, -0.2) is 35.2 Å². The summed E-state index contributed by atoms with van der Waals surface area (Å²) in [5, 5.41) is 8.75. The number of carbonyl (C=O) groups is 2. The van der Waals surface area contributed by atoms with E-state index in [4.69, 9.17) is 10.8 Å². The van der Waals surface area contributed by atoms with Crippen LogP contribution in [0, 0.1) is 0 Å². The van der Waals surface area contributed by atoms with Crippen molar-refractivity contribution in [2.45, 2.75) is 0 Å². The van der Waals surface area contributed by atoms with Crippen molar-refractivity contribution in [3.63, 3.8) is 0 Å². The standard InChI is InChI=1S/C10H11N3O3/c11-7-1-3-8(4-2-7)12-5-6-13(9(12)14)10(15)16/h1-4H,5-6,11H2,(H,15,16). The van der Waals surface area contributed by atoms with Crippen LogP contribution in [0.15, 0.2) is 24.3 Å². The highest BCUT2D eigenvalue weighted by atomic mass is 16.4. The molecule has 0 aromatic heterocycles. The first-order valence-corrected chi connectivity index (χ1v) is 4.77. The maximum Gasteiger partial charge on any atom is 0.415 e. The molecule has 0 bridgehead atoms. The van der Waals surface area contributed by atoms with Gasteiger partial charge in [-0.15, -0.1) is 0 Å². The predicted molar refractivity (Wildman–Crippen MR) is 58.3 cm³/mol. The molecule has 1 aromatic carbocycles. The molecule has 1 saturated heterocycles. The molecular formula is C10H11N3O3. The molecule has 2 rings (SSSR count). The van der Waals surface area contributed by atoms with Crippen LogP contribution in [0.4, 0.5) is 21.0 Å². The molecular weight excluding hydrogens is 210 g/mol. The number of hydrogen-bond acceptors (Lipinski definition) is 3. The van der Waals surface area contributed by atoms with E-state index in [1.54, 1.807) is 24.3 Å². The number of imide groups is 1. The van der Waals surface area contributed by atoms with Crippen molar-refractivity contribution >= 4 is 23.5 Å². The van der Waals surface area contributed by atoms with Crippen molar-refractivity contribution in [2.24, 2.45) is 0 Å². The van der Waals surface area contributed by atoms with Gasteiger partial charge >= 0.3 is 12.1 Å². The van der Waals surface area contributed by atoms with Gasteiger partial charge < -0.3 is 10.8 Å². The van der Waals surface area contributed by atoms with Gasteiger partial charge in [-0.2, -0.15) is 0 Å². The van der Waals surface area contributed by atoms with Crippen molar-refractivity contribution < 1.29 is 14.7 Å². The SMILES string of the molecule is Nc1ccc(N2CCN(C(=O)O)C2=O)cc1. The van der Waals surface area contributed by atoms with E-state index in [-0.39, 0.29) is 6.54 Å². The second-order valence-corrected chi connectivity index (χ2v) is 3.46. The fourth-order valence-electron chi connectivity index (χ4n) is 1.61. The molecule has 1 aliphatic rings. The van der Waals surface area contributed by atoms with Crippen LogP contribution in [0.1, 0.15) is 0 Å². The number of nitrogens with zero attached hydrogens (tertiary/aromatic N) is 2. The minimum absolute atomic E-state index is 0.193. The van der Waals surface area contributed by atoms with Gasteiger partial charge in [-0.3, -0.25) is 4.90 Å². The van der Waals surface area contributed by atoms with Gasteiger partial charge in [0.15, 0.2) is 0 Å². The van der Waals surface area contributed by atoms with Gasteiger partial charge in [0.05, 0.1) is 6.54 Å².